The van der Waals surface area contributed by atoms with Crippen molar-refractivity contribution in [3.05, 3.63) is 52.6 Å². The number of nitrogens with zero attached hydrogens (tertiary/aromatic N) is 1. The summed E-state index contributed by atoms with van der Waals surface area (Å²) < 4.78 is 6.91. The zero-order valence-corrected chi connectivity index (χ0v) is 16.4. The minimum absolute atomic E-state index is 0.332. The molecule has 130 valence electrons. The van der Waals surface area contributed by atoms with Gasteiger partial charge in [0.1, 0.15) is 11.6 Å². The van der Waals surface area contributed by atoms with Crippen LogP contribution in [0, 0.1) is 5.41 Å². The third kappa shape index (κ3) is 6.16. The Hall–Kier alpha value is -1.55. The molecular weight excluding hydrogens is 364 g/mol. The van der Waals surface area contributed by atoms with Crippen LogP contribution in [-0.4, -0.2) is 18.1 Å². The van der Waals surface area contributed by atoms with E-state index in [0.717, 1.165) is 35.4 Å². The van der Waals surface area contributed by atoms with Crippen LogP contribution >= 0.6 is 15.9 Å². The first-order valence-corrected chi connectivity index (χ1v) is 9.35. The molecule has 0 fully saturated rings. The Morgan fingerprint density at radius 3 is 2.71 bits per heavy atom. The van der Waals surface area contributed by atoms with Gasteiger partial charge in [-0.1, -0.05) is 39.3 Å². The van der Waals surface area contributed by atoms with Crippen LogP contribution in [0.2, 0.25) is 0 Å². The van der Waals surface area contributed by atoms with Gasteiger partial charge in [0.15, 0.2) is 0 Å². The van der Waals surface area contributed by atoms with E-state index < -0.39 is 0 Å². The molecule has 2 rings (SSSR count). The van der Waals surface area contributed by atoms with Crippen LogP contribution in [-0.2, 0) is 6.42 Å². The normalized spacial score (nSPS) is 11.3. The molecule has 0 bridgehead atoms. The number of halogens is 1. The van der Waals surface area contributed by atoms with Crippen LogP contribution in [0.3, 0.4) is 0 Å². The van der Waals surface area contributed by atoms with E-state index in [-0.39, 0.29) is 0 Å². The molecule has 0 saturated heterocycles. The minimum Gasteiger partial charge on any atom is -0.492 e. The molecule has 2 aromatic rings. The van der Waals surface area contributed by atoms with E-state index in [2.05, 4.69) is 65.2 Å². The number of pyridine rings is 1. The number of benzene rings is 1. The summed E-state index contributed by atoms with van der Waals surface area (Å²) in [6, 6.07) is 12.3. The van der Waals surface area contributed by atoms with E-state index in [1.807, 2.05) is 18.2 Å². The Morgan fingerprint density at radius 1 is 1.21 bits per heavy atom. The van der Waals surface area contributed by atoms with Crippen LogP contribution < -0.4 is 10.1 Å². The van der Waals surface area contributed by atoms with Gasteiger partial charge in [-0.05, 0) is 64.0 Å². The summed E-state index contributed by atoms with van der Waals surface area (Å²) in [5, 5.41) is 3.28. The van der Waals surface area contributed by atoms with E-state index >= 15 is 0 Å². The van der Waals surface area contributed by atoms with Crippen molar-refractivity contribution in [3.63, 3.8) is 0 Å². The fraction of sp³-hybridized carbons (Fsp3) is 0.450. The van der Waals surface area contributed by atoms with Crippen molar-refractivity contribution < 1.29 is 4.74 Å². The molecule has 0 saturated carbocycles. The number of aromatic nitrogens is 1. The average Bonchev–Trinajstić information content (AvgIpc) is 2.57. The Kier molecular flexibility index (Phi) is 7.10. The number of hydrogen-bond acceptors (Lipinski definition) is 3. The van der Waals surface area contributed by atoms with E-state index in [1.165, 1.54) is 12.0 Å². The predicted molar refractivity (Wildman–Crippen MR) is 105 cm³/mol. The summed E-state index contributed by atoms with van der Waals surface area (Å²) in [4.78, 5) is 4.24. The largest absolute Gasteiger partial charge is 0.492 e. The summed E-state index contributed by atoms with van der Waals surface area (Å²) in [6.45, 7) is 8.38. The molecule has 1 aromatic carbocycles. The van der Waals surface area contributed by atoms with Crippen molar-refractivity contribution in [1.29, 1.82) is 0 Å². The van der Waals surface area contributed by atoms with Crippen LogP contribution in [0.4, 0.5) is 5.82 Å². The number of ether oxygens (including phenoxy) is 1. The summed E-state index contributed by atoms with van der Waals surface area (Å²) >= 11 is 3.63. The standard InChI is InChI=1S/C20H27BrN2O/c1-4-20(2,3)15-16-9-10-18(17(21)14-16)24-13-7-12-23-19-8-5-6-11-22-19/h5-6,8-11,14H,4,7,12-13,15H2,1-3H3,(H,22,23). The molecule has 0 spiro atoms. The van der Waals surface area contributed by atoms with Gasteiger partial charge in [-0.3, -0.25) is 0 Å². The summed E-state index contributed by atoms with van der Waals surface area (Å²) in [7, 11) is 0. The van der Waals surface area contributed by atoms with Crippen LogP contribution in [0.25, 0.3) is 0 Å². The Bertz CT molecular complexity index is 629. The third-order valence-electron chi connectivity index (χ3n) is 4.19. The lowest BCUT2D eigenvalue weighted by Gasteiger charge is -2.23. The van der Waals surface area contributed by atoms with Crippen molar-refractivity contribution >= 4 is 21.7 Å². The molecule has 3 nitrogen and oxygen atoms in total. The fourth-order valence-electron chi connectivity index (χ4n) is 2.39. The second-order valence-corrected chi connectivity index (χ2v) is 7.66. The van der Waals surface area contributed by atoms with Crippen LogP contribution in [0.15, 0.2) is 47.1 Å². The molecule has 1 heterocycles. The van der Waals surface area contributed by atoms with Gasteiger partial charge in [-0.25, -0.2) is 4.98 Å². The molecule has 0 aliphatic heterocycles. The summed E-state index contributed by atoms with van der Waals surface area (Å²) in [5.74, 6) is 1.81. The zero-order chi connectivity index (χ0) is 17.4. The highest BCUT2D eigenvalue weighted by molar-refractivity contribution is 9.10. The highest BCUT2D eigenvalue weighted by Gasteiger charge is 2.16. The number of nitrogens with one attached hydrogen (secondary N) is 1. The van der Waals surface area contributed by atoms with Crippen molar-refractivity contribution in [2.45, 2.75) is 40.0 Å². The monoisotopic (exact) mass is 390 g/mol. The van der Waals surface area contributed by atoms with E-state index in [9.17, 15) is 0 Å². The molecule has 1 N–H and O–H groups in total. The van der Waals surface area contributed by atoms with Gasteiger partial charge in [-0.15, -0.1) is 0 Å². The molecule has 1 aromatic heterocycles. The van der Waals surface area contributed by atoms with Gasteiger partial charge in [0.2, 0.25) is 0 Å². The molecular formula is C20H27BrN2O. The number of hydrogen-bond donors (Lipinski definition) is 1. The van der Waals surface area contributed by atoms with Gasteiger partial charge in [-0.2, -0.15) is 0 Å². The fourth-order valence-corrected chi connectivity index (χ4v) is 2.93. The lowest BCUT2D eigenvalue weighted by Crippen LogP contribution is -2.13. The molecule has 0 aliphatic rings. The van der Waals surface area contributed by atoms with Gasteiger partial charge in [0, 0.05) is 12.7 Å². The van der Waals surface area contributed by atoms with E-state index in [4.69, 9.17) is 4.74 Å². The highest BCUT2D eigenvalue weighted by Crippen LogP contribution is 2.31. The molecule has 0 unspecified atom stereocenters. The molecule has 0 aliphatic carbocycles. The smallest absolute Gasteiger partial charge is 0.133 e. The molecule has 24 heavy (non-hydrogen) atoms. The van der Waals surface area contributed by atoms with E-state index in [1.54, 1.807) is 6.20 Å². The van der Waals surface area contributed by atoms with Crippen LogP contribution in [0.5, 0.6) is 5.75 Å². The SMILES string of the molecule is CCC(C)(C)Cc1ccc(OCCCNc2ccccn2)c(Br)c1. The first-order valence-electron chi connectivity index (χ1n) is 8.56. The Labute approximate surface area is 154 Å². The van der Waals surface area contributed by atoms with E-state index in [0.29, 0.717) is 12.0 Å². The lowest BCUT2D eigenvalue weighted by molar-refractivity contribution is 0.312. The van der Waals surface area contributed by atoms with Crippen molar-refractivity contribution in [2.24, 2.45) is 5.41 Å². The van der Waals surface area contributed by atoms with Crippen molar-refractivity contribution in [1.82, 2.24) is 4.98 Å². The Morgan fingerprint density at radius 2 is 2.04 bits per heavy atom. The zero-order valence-electron chi connectivity index (χ0n) is 14.8. The maximum Gasteiger partial charge on any atom is 0.133 e. The lowest BCUT2D eigenvalue weighted by atomic mass is 9.83. The van der Waals surface area contributed by atoms with Crippen LogP contribution in [0.1, 0.15) is 39.2 Å². The maximum atomic E-state index is 5.88. The quantitative estimate of drug-likeness (QED) is 0.557. The predicted octanol–water partition coefficient (Wildman–Crippen LogP) is 5.70. The minimum atomic E-state index is 0.332. The average molecular weight is 391 g/mol. The number of anilines is 1. The summed E-state index contributed by atoms with van der Waals surface area (Å²) in [5.41, 5.74) is 1.68. The maximum absolute atomic E-state index is 5.88. The topological polar surface area (TPSA) is 34.1 Å². The van der Waals surface area contributed by atoms with Crippen molar-refractivity contribution in [3.8, 4) is 5.75 Å². The Balaban J connectivity index is 1.76. The second-order valence-electron chi connectivity index (χ2n) is 6.80. The first kappa shape index (κ1) is 18.8. The first-order chi connectivity index (χ1) is 11.5. The summed E-state index contributed by atoms with van der Waals surface area (Å²) in [6.07, 6.45) is 4.97. The van der Waals surface area contributed by atoms with Gasteiger partial charge in [0.25, 0.3) is 0 Å². The highest BCUT2D eigenvalue weighted by atomic mass is 79.9. The molecule has 0 amide bonds. The molecule has 0 radical (unpaired) electrons. The third-order valence-corrected chi connectivity index (χ3v) is 4.81. The number of rotatable bonds is 9. The van der Waals surface area contributed by atoms with Gasteiger partial charge < -0.3 is 10.1 Å². The second kappa shape index (κ2) is 9.07. The van der Waals surface area contributed by atoms with Gasteiger partial charge in [0.05, 0.1) is 11.1 Å². The van der Waals surface area contributed by atoms with Gasteiger partial charge >= 0.3 is 0 Å². The molecule has 4 heteroatoms. The van der Waals surface area contributed by atoms with Crippen molar-refractivity contribution in [2.75, 3.05) is 18.5 Å². The molecule has 0 atom stereocenters.